The summed E-state index contributed by atoms with van der Waals surface area (Å²) in [6.45, 7) is 5.06. The standard InChI is InChI=1S/C11H13N3O2S.C2H6/c12-9-14-7-6-10(8-14)13-17(15,16)11-4-2-1-3-5-11;1-2/h1-5,10,13H,6-8H2;1-2H3. The van der Waals surface area contributed by atoms with Crippen molar-refractivity contribution in [3.8, 4) is 6.19 Å². The number of benzene rings is 1. The van der Waals surface area contributed by atoms with Crippen LogP contribution in [0.3, 0.4) is 0 Å². The summed E-state index contributed by atoms with van der Waals surface area (Å²) in [5.41, 5.74) is 0. The molecule has 1 unspecified atom stereocenters. The highest BCUT2D eigenvalue weighted by atomic mass is 32.2. The Hall–Kier alpha value is -1.58. The first-order valence-electron chi connectivity index (χ1n) is 6.34. The first kappa shape index (κ1) is 15.5. The van der Waals surface area contributed by atoms with Gasteiger partial charge in [0.05, 0.1) is 4.90 Å². The molecule has 19 heavy (non-hydrogen) atoms. The molecule has 1 aliphatic rings. The average molecular weight is 281 g/mol. The molecule has 1 N–H and O–H groups in total. The summed E-state index contributed by atoms with van der Waals surface area (Å²) >= 11 is 0. The van der Waals surface area contributed by atoms with Gasteiger partial charge in [0.1, 0.15) is 0 Å². The van der Waals surface area contributed by atoms with Crippen molar-refractivity contribution in [2.24, 2.45) is 0 Å². The van der Waals surface area contributed by atoms with E-state index in [0.717, 1.165) is 0 Å². The van der Waals surface area contributed by atoms with Crippen molar-refractivity contribution in [1.29, 1.82) is 5.26 Å². The number of hydrogen-bond donors (Lipinski definition) is 1. The number of nitriles is 1. The van der Waals surface area contributed by atoms with Gasteiger partial charge in [0.15, 0.2) is 6.19 Å². The van der Waals surface area contributed by atoms with Crippen LogP contribution >= 0.6 is 0 Å². The normalized spacial score (nSPS) is 18.4. The molecule has 2 rings (SSSR count). The Kier molecular flexibility index (Phi) is 5.80. The molecule has 0 aliphatic carbocycles. The number of nitrogens with one attached hydrogen (secondary N) is 1. The van der Waals surface area contributed by atoms with Crippen molar-refractivity contribution in [2.45, 2.75) is 31.2 Å². The largest absolute Gasteiger partial charge is 0.309 e. The zero-order valence-corrected chi connectivity index (χ0v) is 12.0. The van der Waals surface area contributed by atoms with Crippen LogP contribution in [-0.4, -0.2) is 32.4 Å². The second kappa shape index (κ2) is 7.12. The van der Waals surface area contributed by atoms with Crippen LogP contribution in [0.1, 0.15) is 20.3 Å². The minimum absolute atomic E-state index is 0.181. The van der Waals surface area contributed by atoms with Gasteiger partial charge >= 0.3 is 0 Å². The summed E-state index contributed by atoms with van der Waals surface area (Å²) in [5, 5.41) is 8.70. The highest BCUT2D eigenvalue weighted by molar-refractivity contribution is 7.89. The quantitative estimate of drug-likeness (QED) is 0.853. The lowest BCUT2D eigenvalue weighted by atomic mass is 10.3. The van der Waals surface area contributed by atoms with Crippen LogP contribution in [0.2, 0.25) is 0 Å². The van der Waals surface area contributed by atoms with E-state index in [9.17, 15) is 8.42 Å². The number of hydrogen-bond acceptors (Lipinski definition) is 4. The van der Waals surface area contributed by atoms with Crippen LogP contribution in [-0.2, 0) is 10.0 Å². The molecule has 5 nitrogen and oxygen atoms in total. The molecule has 1 aromatic rings. The number of sulfonamides is 1. The molecule has 1 heterocycles. The lowest BCUT2D eigenvalue weighted by molar-refractivity contribution is 0.470. The highest BCUT2D eigenvalue weighted by Crippen LogP contribution is 2.13. The lowest BCUT2D eigenvalue weighted by Crippen LogP contribution is -2.36. The molecular formula is C13H19N3O2S. The smallest absolute Gasteiger partial charge is 0.240 e. The van der Waals surface area contributed by atoms with Crippen LogP contribution in [0, 0.1) is 11.5 Å². The van der Waals surface area contributed by atoms with Crippen molar-refractivity contribution in [1.82, 2.24) is 9.62 Å². The number of nitrogens with zero attached hydrogens (tertiary/aromatic N) is 2. The minimum atomic E-state index is -3.46. The molecule has 0 bridgehead atoms. The van der Waals surface area contributed by atoms with E-state index in [0.29, 0.717) is 19.5 Å². The third kappa shape index (κ3) is 4.23. The lowest BCUT2D eigenvalue weighted by Gasteiger charge is -2.12. The Labute approximate surface area is 114 Å². The molecule has 0 saturated carbocycles. The predicted octanol–water partition coefficient (Wildman–Crippen LogP) is 1.55. The van der Waals surface area contributed by atoms with Gasteiger partial charge in [-0.1, -0.05) is 32.0 Å². The topological polar surface area (TPSA) is 73.2 Å². The third-order valence-electron chi connectivity index (χ3n) is 2.70. The van der Waals surface area contributed by atoms with Gasteiger partial charge < -0.3 is 4.90 Å². The van der Waals surface area contributed by atoms with Gasteiger partial charge in [0.2, 0.25) is 10.0 Å². The summed E-state index contributed by atoms with van der Waals surface area (Å²) in [6.07, 6.45) is 2.68. The van der Waals surface area contributed by atoms with E-state index >= 15 is 0 Å². The van der Waals surface area contributed by atoms with Gasteiger partial charge in [-0.15, -0.1) is 0 Å². The fourth-order valence-corrected chi connectivity index (χ4v) is 3.12. The summed E-state index contributed by atoms with van der Waals surface area (Å²) in [5.74, 6) is 0. The molecule has 0 radical (unpaired) electrons. The Morgan fingerprint density at radius 3 is 2.47 bits per heavy atom. The van der Waals surface area contributed by atoms with Gasteiger partial charge in [0, 0.05) is 19.1 Å². The van der Waals surface area contributed by atoms with Crippen LogP contribution in [0.5, 0.6) is 0 Å². The van der Waals surface area contributed by atoms with E-state index < -0.39 is 10.0 Å². The fourth-order valence-electron chi connectivity index (χ4n) is 1.83. The van der Waals surface area contributed by atoms with Crippen LogP contribution in [0.15, 0.2) is 35.2 Å². The van der Waals surface area contributed by atoms with Crippen molar-refractivity contribution in [3.05, 3.63) is 30.3 Å². The van der Waals surface area contributed by atoms with E-state index in [2.05, 4.69) is 4.72 Å². The third-order valence-corrected chi connectivity index (χ3v) is 4.24. The summed E-state index contributed by atoms with van der Waals surface area (Å²) in [7, 11) is -3.46. The molecule has 1 aromatic carbocycles. The SMILES string of the molecule is CC.N#CN1CCC(NS(=O)(=O)c2ccccc2)C1. The van der Waals surface area contributed by atoms with Crippen molar-refractivity contribution in [3.63, 3.8) is 0 Å². The molecule has 104 valence electrons. The molecule has 1 saturated heterocycles. The Morgan fingerprint density at radius 2 is 1.95 bits per heavy atom. The van der Waals surface area contributed by atoms with Crippen LogP contribution in [0.25, 0.3) is 0 Å². The predicted molar refractivity (Wildman–Crippen MR) is 73.7 cm³/mol. The van der Waals surface area contributed by atoms with E-state index in [-0.39, 0.29) is 10.9 Å². The molecular weight excluding hydrogens is 262 g/mol. The molecule has 0 amide bonds. The summed E-state index contributed by atoms with van der Waals surface area (Å²) in [6, 6.07) is 8.07. The molecule has 6 heteroatoms. The van der Waals surface area contributed by atoms with E-state index in [1.807, 2.05) is 20.0 Å². The van der Waals surface area contributed by atoms with Crippen molar-refractivity contribution in [2.75, 3.05) is 13.1 Å². The summed E-state index contributed by atoms with van der Waals surface area (Å²) < 4.78 is 26.6. The van der Waals surface area contributed by atoms with Gasteiger partial charge in [-0.25, -0.2) is 13.1 Å². The molecule has 1 fully saturated rings. The Balaban J connectivity index is 0.000000861. The second-order valence-corrected chi connectivity index (χ2v) is 5.68. The zero-order valence-electron chi connectivity index (χ0n) is 11.2. The number of likely N-dealkylation sites (tertiary alicyclic amines) is 1. The average Bonchev–Trinajstić information content (AvgIpc) is 2.89. The van der Waals surface area contributed by atoms with Gasteiger partial charge in [-0.2, -0.15) is 5.26 Å². The van der Waals surface area contributed by atoms with Gasteiger partial charge in [-0.05, 0) is 18.6 Å². The number of rotatable bonds is 3. The monoisotopic (exact) mass is 281 g/mol. The van der Waals surface area contributed by atoms with Crippen LogP contribution in [0.4, 0.5) is 0 Å². The highest BCUT2D eigenvalue weighted by Gasteiger charge is 2.26. The molecule has 0 spiro atoms. The van der Waals surface area contributed by atoms with Crippen molar-refractivity contribution < 1.29 is 8.42 Å². The molecule has 1 aliphatic heterocycles. The zero-order chi connectivity index (χ0) is 14.3. The molecule has 0 aromatic heterocycles. The van der Waals surface area contributed by atoms with E-state index in [1.54, 1.807) is 35.2 Å². The fraction of sp³-hybridized carbons (Fsp3) is 0.462. The maximum absolute atomic E-state index is 12.0. The van der Waals surface area contributed by atoms with E-state index in [1.165, 1.54) is 0 Å². The first-order chi connectivity index (χ1) is 9.12. The van der Waals surface area contributed by atoms with Gasteiger partial charge in [-0.3, -0.25) is 0 Å². The van der Waals surface area contributed by atoms with Crippen molar-refractivity contribution >= 4 is 10.0 Å². The Morgan fingerprint density at radius 1 is 1.32 bits per heavy atom. The maximum Gasteiger partial charge on any atom is 0.240 e. The summed E-state index contributed by atoms with van der Waals surface area (Å²) in [4.78, 5) is 1.81. The minimum Gasteiger partial charge on any atom is -0.309 e. The molecule has 1 atom stereocenters. The Bertz CT molecular complexity index is 523. The second-order valence-electron chi connectivity index (χ2n) is 3.97. The van der Waals surface area contributed by atoms with Gasteiger partial charge in [0.25, 0.3) is 0 Å². The van der Waals surface area contributed by atoms with E-state index in [4.69, 9.17) is 5.26 Å². The maximum atomic E-state index is 12.0. The van der Waals surface area contributed by atoms with Crippen LogP contribution < -0.4 is 4.72 Å². The first-order valence-corrected chi connectivity index (χ1v) is 7.82.